The molecule has 2 aromatic rings. The van der Waals surface area contributed by atoms with Gasteiger partial charge in [0.1, 0.15) is 5.75 Å². The lowest BCUT2D eigenvalue weighted by Gasteiger charge is -2.07. The van der Waals surface area contributed by atoms with Gasteiger partial charge in [-0.3, -0.25) is 9.48 Å². The van der Waals surface area contributed by atoms with Crippen LogP contribution in [-0.2, 0) is 7.05 Å². The van der Waals surface area contributed by atoms with E-state index < -0.39 is 0 Å². The lowest BCUT2D eigenvalue weighted by Crippen LogP contribution is -2.01. The van der Waals surface area contributed by atoms with Crippen molar-refractivity contribution in [1.82, 2.24) is 9.78 Å². The van der Waals surface area contributed by atoms with E-state index in [1.54, 1.807) is 36.3 Å². The fourth-order valence-electron chi connectivity index (χ4n) is 1.90. The fourth-order valence-corrected chi connectivity index (χ4v) is 1.90. The predicted octanol–water partition coefficient (Wildman–Crippen LogP) is 3.74. The van der Waals surface area contributed by atoms with Crippen LogP contribution in [0.1, 0.15) is 36.2 Å². The molecule has 0 amide bonds. The van der Waals surface area contributed by atoms with E-state index in [4.69, 9.17) is 4.74 Å². The topological polar surface area (TPSA) is 44.1 Å². The number of hydrogen-bond acceptors (Lipinski definition) is 3. The van der Waals surface area contributed by atoms with Crippen LogP contribution < -0.4 is 4.74 Å². The van der Waals surface area contributed by atoms with Crippen molar-refractivity contribution >= 4 is 11.9 Å². The zero-order valence-corrected chi connectivity index (χ0v) is 13.3. The van der Waals surface area contributed by atoms with Crippen molar-refractivity contribution in [3.8, 4) is 5.75 Å². The van der Waals surface area contributed by atoms with Gasteiger partial charge in [0.25, 0.3) is 0 Å². The minimum absolute atomic E-state index is 0.0506. The summed E-state index contributed by atoms with van der Waals surface area (Å²) in [5.74, 6) is 1.45. The van der Waals surface area contributed by atoms with Crippen LogP contribution in [-0.4, -0.2) is 22.2 Å². The molecule has 0 unspecified atom stereocenters. The molecule has 0 saturated heterocycles. The van der Waals surface area contributed by atoms with Gasteiger partial charge in [0.2, 0.25) is 0 Å². The van der Waals surface area contributed by atoms with Crippen molar-refractivity contribution in [2.24, 2.45) is 13.0 Å². The monoisotopic (exact) mass is 298 g/mol. The number of ketones is 1. The van der Waals surface area contributed by atoms with Crippen LogP contribution in [0, 0.1) is 5.92 Å². The van der Waals surface area contributed by atoms with Crippen LogP contribution in [0.4, 0.5) is 0 Å². The molecule has 1 heterocycles. The van der Waals surface area contributed by atoms with Gasteiger partial charge in [0.05, 0.1) is 18.4 Å². The Labute approximate surface area is 131 Å². The van der Waals surface area contributed by atoms with Crippen LogP contribution >= 0.6 is 0 Å². The summed E-state index contributed by atoms with van der Waals surface area (Å²) in [6, 6.07) is 7.73. The zero-order valence-electron chi connectivity index (χ0n) is 13.3. The Morgan fingerprint density at radius 3 is 2.64 bits per heavy atom. The quantitative estimate of drug-likeness (QED) is 0.578. The lowest BCUT2D eigenvalue weighted by molar-refractivity contribution is 0.104. The number of allylic oxidation sites excluding steroid dienone is 1. The molecule has 0 saturated carbocycles. The van der Waals surface area contributed by atoms with Crippen molar-refractivity contribution in [1.29, 1.82) is 0 Å². The van der Waals surface area contributed by atoms with Crippen LogP contribution in [0.3, 0.4) is 0 Å². The van der Waals surface area contributed by atoms with Gasteiger partial charge < -0.3 is 4.74 Å². The number of rotatable bonds is 7. The molecule has 0 aliphatic carbocycles. The molecule has 0 radical (unpaired) electrons. The van der Waals surface area contributed by atoms with Crippen molar-refractivity contribution in [3.05, 3.63) is 53.9 Å². The highest BCUT2D eigenvalue weighted by molar-refractivity contribution is 6.06. The standard InChI is InChI=1S/C18H22N2O2/c1-14(2)10-11-22-17-7-4-15(5-8-17)6-9-18(21)16-12-19-20(3)13-16/h4-9,12-14H,10-11H2,1-3H3. The molecular weight excluding hydrogens is 276 g/mol. The molecule has 4 heteroatoms. The Hall–Kier alpha value is -2.36. The van der Waals surface area contributed by atoms with E-state index in [-0.39, 0.29) is 5.78 Å². The first kappa shape index (κ1) is 16.0. The second-order valence-corrected chi connectivity index (χ2v) is 5.70. The SMILES string of the molecule is CC(C)CCOc1ccc(C=CC(=O)c2cnn(C)c2)cc1. The highest BCUT2D eigenvalue weighted by Crippen LogP contribution is 2.14. The number of carbonyl (C=O) groups excluding carboxylic acids is 1. The zero-order chi connectivity index (χ0) is 15.9. The lowest BCUT2D eigenvalue weighted by atomic mass is 10.1. The van der Waals surface area contributed by atoms with Crippen molar-refractivity contribution in [2.75, 3.05) is 6.61 Å². The molecular formula is C18H22N2O2. The van der Waals surface area contributed by atoms with Gasteiger partial charge in [-0.05, 0) is 36.1 Å². The van der Waals surface area contributed by atoms with Gasteiger partial charge in [0.15, 0.2) is 5.78 Å². The third-order valence-electron chi connectivity index (χ3n) is 3.26. The van der Waals surface area contributed by atoms with Crippen molar-refractivity contribution in [2.45, 2.75) is 20.3 Å². The molecule has 1 aromatic heterocycles. The second-order valence-electron chi connectivity index (χ2n) is 5.70. The molecule has 0 N–H and O–H groups in total. The second kappa shape index (κ2) is 7.59. The average Bonchev–Trinajstić information content (AvgIpc) is 2.92. The Bertz CT molecular complexity index is 639. The summed E-state index contributed by atoms with van der Waals surface area (Å²) in [6.45, 7) is 5.08. The summed E-state index contributed by atoms with van der Waals surface area (Å²) in [4.78, 5) is 11.9. The Kier molecular flexibility index (Phi) is 5.53. The first-order valence-corrected chi connectivity index (χ1v) is 7.48. The number of carbonyl (C=O) groups is 1. The van der Waals surface area contributed by atoms with Gasteiger partial charge in [-0.1, -0.05) is 32.1 Å². The van der Waals surface area contributed by atoms with Crippen LogP contribution in [0.2, 0.25) is 0 Å². The summed E-state index contributed by atoms with van der Waals surface area (Å²) in [6.07, 6.45) is 7.68. The van der Waals surface area contributed by atoms with E-state index in [9.17, 15) is 4.79 Å². The van der Waals surface area contributed by atoms with Crippen molar-refractivity contribution in [3.63, 3.8) is 0 Å². The summed E-state index contributed by atoms with van der Waals surface area (Å²) in [5.41, 5.74) is 1.56. The number of ether oxygens (including phenoxy) is 1. The Morgan fingerprint density at radius 2 is 2.05 bits per heavy atom. The largest absolute Gasteiger partial charge is 0.494 e. The predicted molar refractivity (Wildman–Crippen MR) is 88.0 cm³/mol. The first-order valence-electron chi connectivity index (χ1n) is 7.48. The third kappa shape index (κ3) is 4.88. The summed E-state index contributed by atoms with van der Waals surface area (Å²) in [7, 11) is 1.79. The van der Waals surface area contributed by atoms with Crippen LogP contribution in [0.15, 0.2) is 42.7 Å². The van der Waals surface area contributed by atoms with Gasteiger partial charge in [-0.25, -0.2) is 0 Å². The fraction of sp³-hybridized carbons (Fsp3) is 0.333. The molecule has 0 bridgehead atoms. The summed E-state index contributed by atoms with van der Waals surface area (Å²) < 4.78 is 7.28. The average molecular weight is 298 g/mol. The first-order chi connectivity index (χ1) is 10.5. The molecule has 0 aliphatic rings. The van der Waals surface area contributed by atoms with Gasteiger partial charge in [0, 0.05) is 13.2 Å². The van der Waals surface area contributed by atoms with E-state index in [1.165, 1.54) is 0 Å². The minimum Gasteiger partial charge on any atom is -0.494 e. The van der Waals surface area contributed by atoms with E-state index >= 15 is 0 Å². The number of aromatic nitrogens is 2. The Balaban J connectivity index is 1.90. The molecule has 0 aliphatic heterocycles. The number of benzene rings is 1. The van der Waals surface area contributed by atoms with Gasteiger partial charge in [-0.2, -0.15) is 5.10 Å². The summed E-state index contributed by atoms with van der Waals surface area (Å²) in [5, 5.41) is 3.99. The van der Waals surface area contributed by atoms with Gasteiger partial charge in [-0.15, -0.1) is 0 Å². The molecule has 4 nitrogen and oxygen atoms in total. The molecule has 0 fully saturated rings. The highest BCUT2D eigenvalue weighted by atomic mass is 16.5. The normalized spacial score (nSPS) is 11.3. The van der Waals surface area contributed by atoms with E-state index in [0.29, 0.717) is 11.5 Å². The van der Waals surface area contributed by atoms with E-state index in [1.807, 2.05) is 24.3 Å². The maximum absolute atomic E-state index is 11.9. The highest BCUT2D eigenvalue weighted by Gasteiger charge is 2.03. The summed E-state index contributed by atoms with van der Waals surface area (Å²) >= 11 is 0. The van der Waals surface area contributed by atoms with Gasteiger partial charge >= 0.3 is 0 Å². The number of aryl methyl sites for hydroxylation is 1. The molecule has 1 aromatic carbocycles. The van der Waals surface area contributed by atoms with Crippen LogP contribution in [0.5, 0.6) is 5.75 Å². The third-order valence-corrected chi connectivity index (χ3v) is 3.26. The number of hydrogen-bond donors (Lipinski definition) is 0. The molecule has 0 spiro atoms. The van der Waals surface area contributed by atoms with Crippen LogP contribution in [0.25, 0.3) is 6.08 Å². The minimum atomic E-state index is -0.0506. The molecule has 116 valence electrons. The molecule has 0 atom stereocenters. The van der Waals surface area contributed by atoms with Crippen molar-refractivity contribution < 1.29 is 9.53 Å². The number of nitrogens with zero attached hydrogens (tertiary/aromatic N) is 2. The maximum Gasteiger partial charge on any atom is 0.189 e. The Morgan fingerprint density at radius 1 is 1.32 bits per heavy atom. The van der Waals surface area contributed by atoms with E-state index in [0.717, 1.165) is 24.3 Å². The molecule has 2 rings (SSSR count). The molecule has 22 heavy (non-hydrogen) atoms. The smallest absolute Gasteiger partial charge is 0.189 e. The van der Waals surface area contributed by atoms with E-state index in [2.05, 4.69) is 18.9 Å². The maximum atomic E-state index is 11.9.